The van der Waals surface area contributed by atoms with Crippen LogP contribution < -0.4 is 0 Å². The number of nitrogens with zero attached hydrogens (tertiary/aromatic N) is 3. The molecule has 1 N–H and O–H groups in total. The Labute approximate surface area is 159 Å². The van der Waals surface area contributed by atoms with Crippen molar-refractivity contribution in [2.45, 2.75) is 6.92 Å². The first-order valence-corrected chi connectivity index (χ1v) is 10.6. The second kappa shape index (κ2) is 6.43. The minimum atomic E-state index is -3.54. The summed E-state index contributed by atoms with van der Waals surface area (Å²) in [5, 5.41) is 15.5. The molecule has 0 aromatic heterocycles. The summed E-state index contributed by atoms with van der Waals surface area (Å²) < 4.78 is 24.0. The van der Waals surface area contributed by atoms with Crippen molar-refractivity contribution in [2.75, 3.05) is 5.75 Å². The maximum atomic E-state index is 12.5. The van der Waals surface area contributed by atoms with Crippen molar-refractivity contribution in [3.8, 4) is 0 Å². The molecule has 0 saturated heterocycles. The van der Waals surface area contributed by atoms with E-state index in [4.69, 9.17) is 5.41 Å². The van der Waals surface area contributed by atoms with E-state index < -0.39 is 15.7 Å². The van der Waals surface area contributed by atoms with Crippen molar-refractivity contribution < 1.29 is 13.2 Å². The third-order valence-corrected chi connectivity index (χ3v) is 7.29. The summed E-state index contributed by atoms with van der Waals surface area (Å²) in [5.41, 5.74) is 0.840. The Bertz CT molecular complexity index is 1190. The van der Waals surface area contributed by atoms with Crippen molar-refractivity contribution >= 4 is 59.7 Å². The molecule has 2 heterocycles. The van der Waals surface area contributed by atoms with E-state index in [2.05, 4.69) is 10.1 Å². The van der Waals surface area contributed by atoms with Crippen LogP contribution in [-0.4, -0.2) is 40.5 Å². The average molecular weight is 398 g/mol. The lowest BCUT2D eigenvalue weighted by molar-refractivity contribution is -0.114. The molecular formula is C18H14N4O3S2. The smallest absolute Gasteiger partial charge is 0.282 e. The Morgan fingerprint density at radius 2 is 1.93 bits per heavy atom. The molecule has 0 spiro atoms. The number of rotatable bonds is 2. The van der Waals surface area contributed by atoms with E-state index in [9.17, 15) is 13.2 Å². The first kappa shape index (κ1) is 17.6. The largest absolute Gasteiger partial charge is 0.283 e. The lowest BCUT2D eigenvalue weighted by Crippen LogP contribution is -2.35. The molecule has 136 valence electrons. The number of thioether (sulfide) groups is 1. The van der Waals surface area contributed by atoms with Gasteiger partial charge in [-0.05, 0) is 34.2 Å². The second-order valence-corrected chi connectivity index (χ2v) is 9.27. The average Bonchev–Trinajstić information content (AvgIpc) is 3.10. The summed E-state index contributed by atoms with van der Waals surface area (Å²) in [6.07, 6.45) is 1.60. The van der Waals surface area contributed by atoms with Gasteiger partial charge < -0.3 is 0 Å². The van der Waals surface area contributed by atoms with E-state index in [0.717, 1.165) is 33.1 Å². The number of carbonyl (C=O) groups excluding carboxylic acids is 1. The normalized spacial score (nSPS) is 18.7. The van der Waals surface area contributed by atoms with Gasteiger partial charge >= 0.3 is 0 Å². The first-order chi connectivity index (χ1) is 12.9. The molecular weight excluding hydrogens is 384 g/mol. The molecule has 7 nitrogen and oxygen atoms in total. The maximum absolute atomic E-state index is 12.5. The number of fused-ring (bicyclic) bond motifs is 2. The van der Waals surface area contributed by atoms with Gasteiger partial charge in [0.05, 0.1) is 11.3 Å². The van der Waals surface area contributed by atoms with Gasteiger partial charge in [-0.3, -0.25) is 10.2 Å². The number of benzene rings is 2. The van der Waals surface area contributed by atoms with Gasteiger partial charge in [0, 0.05) is 0 Å². The zero-order chi connectivity index (χ0) is 19.2. The van der Waals surface area contributed by atoms with Gasteiger partial charge in [-0.1, -0.05) is 49.4 Å². The highest BCUT2D eigenvalue weighted by atomic mass is 32.3. The molecule has 0 saturated carbocycles. The molecule has 0 unspecified atom stereocenters. The minimum absolute atomic E-state index is 0.0644. The van der Waals surface area contributed by atoms with Gasteiger partial charge in [0.15, 0.2) is 5.84 Å². The van der Waals surface area contributed by atoms with Crippen LogP contribution in [0, 0.1) is 5.41 Å². The van der Waals surface area contributed by atoms with E-state index in [-0.39, 0.29) is 26.7 Å². The van der Waals surface area contributed by atoms with E-state index in [0.29, 0.717) is 0 Å². The highest BCUT2D eigenvalue weighted by Gasteiger charge is 2.39. The zero-order valence-corrected chi connectivity index (χ0v) is 15.8. The molecule has 2 aromatic rings. The van der Waals surface area contributed by atoms with Crippen LogP contribution in [0.5, 0.6) is 0 Å². The Morgan fingerprint density at radius 1 is 1.19 bits per heavy atom. The van der Waals surface area contributed by atoms with Crippen LogP contribution in [0.2, 0.25) is 0 Å². The summed E-state index contributed by atoms with van der Waals surface area (Å²) in [6, 6.07) is 13.4. The van der Waals surface area contributed by atoms with Crippen LogP contribution in [0.1, 0.15) is 12.5 Å². The summed E-state index contributed by atoms with van der Waals surface area (Å²) in [5.74, 6) is -0.885. The van der Waals surface area contributed by atoms with Gasteiger partial charge in [-0.15, -0.1) is 5.10 Å². The summed E-state index contributed by atoms with van der Waals surface area (Å²) >= 11 is 0.794. The minimum Gasteiger partial charge on any atom is -0.282 e. The molecule has 0 aliphatic carbocycles. The van der Waals surface area contributed by atoms with Crippen molar-refractivity contribution in [3.05, 3.63) is 53.6 Å². The molecule has 27 heavy (non-hydrogen) atoms. The molecule has 2 aliphatic rings. The summed E-state index contributed by atoms with van der Waals surface area (Å²) in [4.78, 5) is 16.4. The number of amides is 1. The fourth-order valence-corrected chi connectivity index (χ4v) is 4.92. The molecule has 1 amide bonds. The molecule has 2 aromatic carbocycles. The van der Waals surface area contributed by atoms with Gasteiger partial charge in [0.25, 0.3) is 5.91 Å². The van der Waals surface area contributed by atoms with Crippen molar-refractivity contribution in [2.24, 2.45) is 10.1 Å². The van der Waals surface area contributed by atoms with E-state index >= 15 is 0 Å². The Kier molecular flexibility index (Phi) is 4.20. The Balaban J connectivity index is 1.79. The lowest BCUT2D eigenvalue weighted by atomic mass is 10.0. The lowest BCUT2D eigenvalue weighted by Gasteiger charge is -2.20. The summed E-state index contributed by atoms with van der Waals surface area (Å²) in [7, 11) is -3.54. The number of amidine groups is 2. The van der Waals surface area contributed by atoms with Crippen molar-refractivity contribution in [1.82, 2.24) is 5.01 Å². The molecule has 0 atom stereocenters. The maximum Gasteiger partial charge on any atom is 0.283 e. The van der Waals surface area contributed by atoms with Crippen LogP contribution in [0.25, 0.3) is 16.8 Å². The standard InChI is InChI=1S/C18H14N4O3S2/c1-2-27(24,25)18-21-22-15(19)14(16(23)20-17(22)26-18)10-12-8-5-7-11-6-3-4-9-13(11)12/h3-10,19H,2H2,1H3/b14-10-,19-15?. The third kappa shape index (κ3) is 2.98. The molecule has 2 aliphatic heterocycles. The van der Waals surface area contributed by atoms with Crippen molar-refractivity contribution in [1.29, 1.82) is 5.41 Å². The molecule has 0 radical (unpaired) electrons. The Morgan fingerprint density at radius 3 is 2.70 bits per heavy atom. The Hall–Kier alpha value is -2.78. The van der Waals surface area contributed by atoms with E-state index in [1.807, 2.05) is 42.5 Å². The van der Waals surface area contributed by atoms with Crippen molar-refractivity contribution in [3.63, 3.8) is 0 Å². The number of carbonyl (C=O) groups is 1. The third-order valence-electron chi connectivity index (χ3n) is 4.21. The van der Waals surface area contributed by atoms with Gasteiger partial charge in [-0.2, -0.15) is 10.0 Å². The summed E-state index contributed by atoms with van der Waals surface area (Å²) in [6.45, 7) is 1.51. The van der Waals surface area contributed by atoms with Gasteiger partial charge in [-0.25, -0.2) is 8.42 Å². The topological polar surface area (TPSA) is 103 Å². The second-order valence-electron chi connectivity index (χ2n) is 5.86. The van der Waals surface area contributed by atoms with Crippen LogP contribution >= 0.6 is 11.8 Å². The first-order valence-electron chi connectivity index (χ1n) is 8.11. The van der Waals surface area contributed by atoms with E-state index in [1.165, 1.54) is 6.92 Å². The van der Waals surface area contributed by atoms with E-state index in [1.54, 1.807) is 6.08 Å². The monoisotopic (exact) mass is 398 g/mol. The number of hydrogen-bond acceptors (Lipinski definition) is 6. The predicted molar refractivity (Wildman–Crippen MR) is 108 cm³/mol. The molecule has 9 heteroatoms. The van der Waals surface area contributed by atoms with Gasteiger partial charge in [0.2, 0.25) is 19.4 Å². The number of hydrazone groups is 1. The van der Waals surface area contributed by atoms with Crippen LogP contribution in [0.4, 0.5) is 0 Å². The number of nitrogens with one attached hydrogen (secondary N) is 1. The van der Waals surface area contributed by atoms with Crippen LogP contribution in [-0.2, 0) is 14.6 Å². The quantitative estimate of drug-likeness (QED) is 0.784. The number of sulfone groups is 1. The fraction of sp³-hybridized carbons (Fsp3) is 0.111. The molecule has 4 rings (SSSR count). The van der Waals surface area contributed by atoms with Crippen LogP contribution in [0.15, 0.2) is 58.1 Å². The fourth-order valence-electron chi connectivity index (χ4n) is 2.76. The zero-order valence-electron chi connectivity index (χ0n) is 14.2. The number of hydrogen-bond donors (Lipinski definition) is 1. The number of aliphatic imine (C=N–C) groups is 1. The molecule has 0 fully saturated rings. The highest BCUT2D eigenvalue weighted by Crippen LogP contribution is 2.31. The molecule has 0 bridgehead atoms. The highest BCUT2D eigenvalue weighted by molar-refractivity contribution is 8.42. The van der Waals surface area contributed by atoms with Gasteiger partial charge in [0.1, 0.15) is 0 Å². The van der Waals surface area contributed by atoms with Crippen LogP contribution in [0.3, 0.4) is 0 Å². The SMILES string of the molecule is CCS(=O)(=O)C1=NN2C(=N)/C(=C/c3cccc4ccccc34)C(=O)N=C2S1. The predicted octanol–water partition coefficient (Wildman–Crippen LogP) is 2.85.